The van der Waals surface area contributed by atoms with Crippen LogP contribution in [0.1, 0.15) is 25.3 Å². The Labute approximate surface area is 178 Å². The van der Waals surface area contributed by atoms with E-state index >= 15 is 0 Å². The highest BCUT2D eigenvalue weighted by molar-refractivity contribution is 7.22. The zero-order chi connectivity index (χ0) is 21.3. The molecule has 4 rings (SSSR count). The van der Waals surface area contributed by atoms with Crippen molar-refractivity contribution in [2.75, 3.05) is 36.5 Å². The van der Waals surface area contributed by atoms with Crippen molar-refractivity contribution in [3.63, 3.8) is 0 Å². The van der Waals surface area contributed by atoms with Gasteiger partial charge < -0.3 is 14.9 Å². The molecular formula is C21H24FN5O2S. The Morgan fingerprint density at radius 2 is 2.20 bits per heavy atom. The molecule has 3 heterocycles. The minimum Gasteiger partial charge on any atom is -0.396 e. The monoisotopic (exact) mass is 429 g/mol. The van der Waals surface area contributed by atoms with E-state index in [9.17, 15) is 14.3 Å². The van der Waals surface area contributed by atoms with Crippen molar-refractivity contribution >= 4 is 38.5 Å². The molecule has 30 heavy (non-hydrogen) atoms. The molecule has 1 fully saturated rings. The van der Waals surface area contributed by atoms with Crippen LogP contribution in [0.3, 0.4) is 0 Å². The van der Waals surface area contributed by atoms with Crippen molar-refractivity contribution in [3.8, 4) is 0 Å². The first-order valence-corrected chi connectivity index (χ1v) is 10.7. The quantitative estimate of drug-likeness (QED) is 0.661. The first-order valence-electron chi connectivity index (χ1n) is 9.90. The number of halogens is 1. The average Bonchev–Trinajstić information content (AvgIpc) is 3.15. The smallest absolute Gasteiger partial charge is 0.324 e. The summed E-state index contributed by atoms with van der Waals surface area (Å²) in [4.78, 5) is 25.1. The van der Waals surface area contributed by atoms with Gasteiger partial charge in [-0.15, -0.1) is 0 Å². The van der Waals surface area contributed by atoms with Gasteiger partial charge in [0, 0.05) is 44.4 Å². The maximum absolute atomic E-state index is 14.6. The van der Waals surface area contributed by atoms with Crippen molar-refractivity contribution in [2.45, 2.75) is 25.8 Å². The summed E-state index contributed by atoms with van der Waals surface area (Å²) in [5.74, 6) is -0.294. The van der Waals surface area contributed by atoms with E-state index in [4.69, 9.17) is 0 Å². The third kappa shape index (κ3) is 4.08. The molecule has 1 aliphatic heterocycles. The number of benzene rings is 1. The van der Waals surface area contributed by atoms with Crippen LogP contribution in [0.15, 0.2) is 36.5 Å². The van der Waals surface area contributed by atoms with Crippen LogP contribution >= 0.6 is 11.3 Å². The molecule has 3 aromatic rings. The predicted octanol–water partition coefficient (Wildman–Crippen LogP) is 3.67. The fraction of sp³-hybridized carbons (Fsp3) is 0.381. The zero-order valence-corrected chi connectivity index (χ0v) is 17.7. The summed E-state index contributed by atoms with van der Waals surface area (Å²) in [7, 11) is 0. The van der Waals surface area contributed by atoms with Crippen molar-refractivity contribution < 1.29 is 14.3 Å². The molecule has 0 aliphatic carbocycles. The van der Waals surface area contributed by atoms with Gasteiger partial charge in [0.2, 0.25) is 0 Å². The number of aliphatic hydroxyl groups excluding tert-OH is 1. The molecular weight excluding hydrogens is 405 g/mol. The van der Waals surface area contributed by atoms with Gasteiger partial charge in [0.15, 0.2) is 16.8 Å². The summed E-state index contributed by atoms with van der Waals surface area (Å²) in [6.07, 6.45) is 1.61. The first-order chi connectivity index (χ1) is 14.5. The summed E-state index contributed by atoms with van der Waals surface area (Å²) < 4.78 is 15.6. The summed E-state index contributed by atoms with van der Waals surface area (Å²) >= 11 is 1.44. The highest BCUT2D eigenvalue weighted by atomic mass is 32.1. The first kappa shape index (κ1) is 20.5. The van der Waals surface area contributed by atoms with Gasteiger partial charge in [-0.3, -0.25) is 5.32 Å². The van der Waals surface area contributed by atoms with Crippen LogP contribution in [0.2, 0.25) is 0 Å². The number of urea groups is 1. The maximum atomic E-state index is 14.6. The second-order valence-corrected chi connectivity index (χ2v) is 8.59. The molecule has 0 unspecified atom stereocenters. The second kappa shape index (κ2) is 8.53. The van der Waals surface area contributed by atoms with E-state index in [1.807, 2.05) is 43.0 Å². The van der Waals surface area contributed by atoms with E-state index in [2.05, 4.69) is 15.3 Å². The van der Waals surface area contributed by atoms with Crippen LogP contribution in [0.5, 0.6) is 0 Å². The number of thiazole rings is 1. The van der Waals surface area contributed by atoms with Crippen LogP contribution in [0.25, 0.3) is 10.2 Å². The number of amides is 2. The molecule has 0 spiro atoms. The lowest BCUT2D eigenvalue weighted by atomic mass is 10.0. The number of carbonyl (C=O) groups is 1. The number of hydrogen-bond acceptors (Lipinski definition) is 6. The normalized spacial score (nSPS) is 17.9. The van der Waals surface area contributed by atoms with Crippen LogP contribution < -0.4 is 10.2 Å². The van der Waals surface area contributed by atoms with Gasteiger partial charge in [0.1, 0.15) is 0 Å². The van der Waals surface area contributed by atoms with E-state index in [1.54, 1.807) is 11.1 Å². The van der Waals surface area contributed by atoms with E-state index in [1.165, 1.54) is 17.4 Å². The predicted molar refractivity (Wildman–Crippen MR) is 117 cm³/mol. The number of aromatic nitrogens is 2. The van der Waals surface area contributed by atoms with Gasteiger partial charge in [-0.25, -0.2) is 19.2 Å². The fourth-order valence-corrected chi connectivity index (χ4v) is 4.45. The van der Waals surface area contributed by atoms with Gasteiger partial charge in [-0.1, -0.05) is 30.4 Å². The highest BCUT2D eigenvalue weighted by Crippen LogP contribution is 2.27. The molecule has 1 aromatic carbocycles. The standard InChI is InChI=1S/C21H24FN5O2S/c1-13(12-28)15-9-16(22)19(23-10-15)26-7-8-27(14(2)11-26)21(29)25-20-24-17-5-3-4-6-18(17)30-20/h3-6,9-10,13-14,28H,7-8,11-12H2,1-2H3,(H,24,25,29)/t13-,14+/m0/s1. The van der Waals surface area contributed by atoms with Crippen LogP contribution in [0.4, 0.5) is 20.1 Å². The third-order valence-electron chi connectivity index (χ3n) is 5.38. The number of fused-ring (bicyclic) bond motifs is 1. The Hall–Kier alpha value is -2.78. The summed E-state index contributed by atoms with van der Waals surface area (Å²) in [6.45, 7) is 5.11. The van der Waals surface area contributed by atoms with Crippen molar-refractivity contribution in [2.24, 2.45) is 0 Å². The Balaban J connectivity index is 1.42. The largest absolute Gasteiger partial charge is 0.396 e. The Morgan fingerprint density at radius 1 is 1.40 bits per heavy atom. The zero-order valence-electron chi connectivity index (χ0n) is 16.9. The molecule has 0 saturated carbocycles. The second-order valence-electron chi connectivity index (χ2n) is 7.56. The molecule has 2 aromatic heterocycles. The third-order valence-corrected chi connectivity index (χ3v) is 6.33. The van der Waals surface area contributed by atoms with E-state index in [0.29, 0.717) is 30.3 Å². The van der Waals surface area contributed by atoms with Crippen LogP contribution in [0, 0.1) is 5.82 Å². The van der Waals surface area contributed by atoms with Gasteiger partial charge in [0.25, 0.3) is 0 Å². The molecule has 2 N–H and O–H groups in total. The van der Waals surface area contributed by atoms with Gasteiger partial charge in [-0.2, -0.15) is 0 Å². The van der Waals surface area contributed by atoms with Crippen molar-refractivity contribution in [1.29, 1.82) is 0 Å². The number of para-hydroxylation sites is 1. The molecule has 1 aliphatic rings. The number of rotatable bonds is 4. The molecule has 9 heteroatoms. The molecule has 7 nitrogen and oxygen atoms in total. The van der Waals surface area contributed by atoms with Gasteiger partial charge in [0.05, 0.1) is 10.2 Å². The number of piperazine rings is 1. The summed E-state index contributed by atoms with van der Waals surface area (Å²) in [6, 6.07) is 8.85. The fourth-order valence-electron chi connectivity index (χ4n) is 3.59. The number of aliphatic hydroxyl groups is 1. The molecule has 158 valence electrons. The molecule has 1 saturated heterocycles. The Morgan fingerprint density at radius 3 is 2.90 bits per heavy atom. The van der Waals surface area contributed by atoms with Gasteiger partial charge >= 0.3 is 6.03 Å². The molecule has 0 bridgehead atoms. The van der Waals surface area contributed by atoms with Crippen molar-refractivity contribution in [1.82, 2.24) is 14.9 Å². The maximum Gasteiger partial charge on any atom is 0.324 e. The minimum atomic E-state index is -0.410. The molecule has 0 radical (unpaired) electrons. The Kier molecular flexibility index (Phi) is 5.83. The average molecular weight is 430 g/mol. The van der Waals surface area contributed by atoms with Crippen molar-refractivity contribution in [3.05, 3.63) is 47.9 Å². The lowest BCUT2D eigenvalue weighted by Gasteiger charge is -2.40. The lowest BCUT2D eigenvalue weighted by molar-refractivity contribution is 0.184. The number of anilines is 2. The number of hydrogen-bond donors (Lipinski definition) is 2. The van der Waals surface area contributed by atoms with E-state index in [-0.39, 0.29) is 30.4 Å². The minimum absolute atomic E-state index is 0.0556. The lowest BCUT2D eigenvalue weighted by Crippen LogP contribution is -2.55. The number of carbonyl (C=O) groups excluding carboxylic acids is 1. The molecule has 2 atom stereocenters. The number of pyridine rings is 1. The SMILES string of the molecule is C[C@@H]1CN(c2ncc([C@@H](C)CO)cc2F)CCN1C(=O)Nc1nc2ccccc2s1. The highest BCUT2D eigenvalue weighted by Gasteiger charge is 2.30. The summed E-state index contributed by atoms with van der Waals surface area (Å²) in [5, 5.41) is 12.7. The van der Waals surface area contributed by atoms with E-state index in [0.717, 1.165) is 10.2 Å². The number of nitrogens with zero attached hydrogens (tertiary/aromatic N) is 4. The topological polar surface area (TPSA) is 81.6 Å². The van der Waals surface area contributed by atoms with Crippen LogP contribution in [-0.4, -0.2) is 58.3 Å². The summed E-state index contributed by atoms with van der Waals surface area (Å²) in [5.41, 5.74) is 1.52. The Bertz CT molecular complexity index is 1030. The number of nitrogens with one attached hydrogen (secondary N) is 1. The van der Waals surface area contributed by atoms with Gasteiger partial charge in [-0.05, 0) is 30.7 Å². The van der Waals surface area contributed by atoms with Crippen LogP contribution in [-0.2, 0) is 0 Å². The van der Waals surface area contributed by atoms with E-state index < -0.39 is 5.82 Å². The molecule has 2 amide bonds.